The second-order valence-electron chi connectivity index (χ2n) is 8.62. The Labute approximate surface area is 217 Å². The molecule has 11 nitrogen and oxygen atoms in total. The highest BCUT2D eigenvalue weighted by molar-refractivity contribution is 5.79. The number of aliphatic hydroxyl groups excluding tert-OH is 1. The molecule has 0 aliphatic carbocycles. The normalized spacial score (nSPS) is 17.3. The zero-order chi connectivity index (χ0) is 26.3. The first-order chi connectivity index (χ1) is 18.6. The van der Waals surface area contributed by atoms with Gasteiger partial charge in [0.15, 0.2) is 6.29 Å². The van der Waals surface area contributed by atoms with Crippen LogP contribution in [0.15, 0.2) is 59.3 Å². The number of halogens is 1. The van der Waals surface area contributed by atoms with E-state index in [9.17, 15) is 9.18 Å². The van der Waals surface area contributed by atoms with Crippen LogP contribution in [-0.2, 0) is 27.2 Å². The number of furan rings is 1. The molecule has 4 N–H and O–H groups in total. The smallest absolute Gasteiger partial charge is 0.227 e. The molecule has 0 unspecified atom stereocenters. The molecule has 1 fully saturated rings. The summed E-state index contributed by atoms with van der Waals surface area (Å²) in [5, 5.41) is 14.6. The lowest BCUT2D eigenvalue weighted by molar-refractivity contribution is -0.200. The Kier molecular flexibility index (Phi) is 8.02. The van der Waals surface area contributed by atoms with Crippen LogP contribution < -0.4 is 10.6 Å². The van der Waals surface area contributed by atoms with E-state index in [2.05, 4.69) is 25.6 Å². The van der Waals surface area contributed by atoms with E-state index in [1.165, 1.54) is 12.1 Å². The zero-order valence-corrected chi connectivity index (χ0v) is 20.4. The number of H-pyrrole nitrogens is 1. The van der Waals surface area contributed by atoms with E-state index >= 15 is 0 Å². The number of amides is 1. The van der Waals surface area contributed by atoms with Crippen LogP contribution in [0.25, 0.3) is 22.6 Å². The molecule has 1 amide bonds. The molecule has 198 valence electrons. The molecule has 0 radical (unpaired) electrons. The van der Waals surface area contributed by atoms with Crippen LogP contribution in [0.2, 0.25) is 0 Å². The average molecular weight is 523 g/mol. The van der Waals surface area contributed by atoms with Gasteiger partial charge < -0.3 is 34.6 Å². The predicted molar refractivity (Wildman–Crippen MR) is 134 cm³/mol. The molecule has 0 bridgehead atoms. The number of imidazole rings is 1. The standard InChI is InChI=1S/C26H27FN6O5/c27-18-5-3-16(4-6-18)23-24(20-7-8-29-26(31-20)30-13-19-2-1-11-36-19)33-21(32-23)12-22-37-14-17(15-38-22)25(35)28-9-10-34/h1-8,11,17,22,34H,9-10,12-15H2,(H,28,35)(H,32,33)(H,29,30,31). The molecule has 12 heteroatoms. The van der Waals surface area contributed by atoms with Crippen molar-refractivity contribution in [1.82, 2.24) is 25.3 Å². The summed E-state index contributed by atoms with van der Waals surface area (Å²) in [6.45, 7) is 0.857. The molecule has 3 aromatic heterocycles. The lowest BCUT2D eigenvalue weighted by Crippen LogP contribution is -2.43. The van der Waals surface area contributed by atoms with E-state index in [0.717, 1.165) is 5.76 Å². The van der Waals surface area contributed by atoms with Crippen molar-refractivity contribution in [1.29, 1.82) is 0 Å². The fourth-order valence-electron chi connectivity index (χ4n) is 3.98. The molecule has 1 aliphatic heterocycles. The maximum atomic E-state index is 13.6. The molecule has 0 atom stereocenters. The summed E-state index contributed by atoms with van der Waals surface area (Å²) in [5.41, 5.74) is 2.52. The maximum absolute atomic E-state index is 13.6. The molecular formula is C26H27FN6O5. The largest absolute Gasteiger partial charge is 0.467 e. The predicted octanol–water partition coefficient (Wildman–Crippen LogP) is 2.52. The van der Waals surface area contributed by atoms with Crippen LogP contribution in [0.5, 0.6) is 0 Å². The van der Waals surface area contributed by atoms with Gasteiger partial charge in [-0.25, -0.2) is 19.3 Å². The van der Waals surface area contributed by atoms with Gasteiger partial charge in [0.05, 0.1) is 62.0 Å². The summed E-state index contributed by atoms with van der Waals surface area (Å²) in [5.74, 6) is 0.708. The summed E-state index contributed by atoms with van der Waals surface area (Å²) < 4.78 is 30.5. The topological polar surface area (TPSA) is 147 Å². The van der Waals surface area contributed by atoms with Crippen molar-refractivity contribution in [3.63, 3.8) is 0 Å². The molecule has 1 aromatic carbocycles. The third kappa shape index (κ3) is 6.22. The van der Waals surface area contributed by atoms with Crippen LogP contribution in [0.3, 0.4) is 0 Å². The number of hydrogen-bond donors (Lipinski definition) is 4. The fraction of sp³-hybridized carbons (Fsp3) is 0.308. The number of carbonyl (C=O) groups is 1. The van der Waals surface area contributed by atoms with Crippen LogP contribution in [-0.4, -0.2) is 63.6 Å². The van der Waals surface area contributed by atoms with Crippen molar-refractivity contribution in [2.24, 2.45) is 5.92 Å². The number of aromatic amines is 1. The number of rotatable bonds is 10. The van der Waals surface area contributed by atoms with Gasteiger partial charge in [0, 0.05) is 18.3 Å². The lowest BCUT2D eigenvalue weighted by Gasteiger charge is -2.28. The van der Waals surface area contributed by atoms with Crippen LogP contribution in [0.4, 0.5) is 10.3 Å². The highest BCUT2D eigenvalue weighted by Gasteiger charge is 2.28. The number of hydrogen-bond acceptors (Lipinski definition) is 9. The van der Waals surface area contributed by atoms with E-state index in [-0.39, 0.29) is 38.1 Å². The Bertz CT molecular complexity index is 1340. The summed E-state index contributed by atoms with van der Waals surface area (Å²) >= 11 is 0. The molecule has 1 saturated heterocycles. The zero-order valence-electron chi connectivity index (χ0n) is 20.4. The van der Waals surface area contributed by atoms with Gasteiger partial charge in [0.2, 0.25) is 11.9 Å². The van der Waals surface area contributed by atoms with Gasteiger partial charge in [0.25, 0.3) is 0 Å². The van der Waals surface area contributed by atoms with Gasteiger partial charge >= 0.3 is 0 Å². The second kappa shape index (κ2) is 11.9. The second-order valence-corrected chi connectivity index (χ2v) is 8.62. The highest BCUT2D eigenvalue weighted by atomic mass is 19.1. The van der Waals surface area contributed by atoms with Gasteiger partial charge in [-0.05, 0) is 42.5 Å². The van der Waals surface area contributed by atoms with Crippen molar-refractivity contribution < 1.29 is 28.2 Å². The van der Waals surface area contributed by atoms with Crippen molar-refractivity contribution in [2.45, 2.75) is 19.3 Å². The first-order valence-corrected chi connectivity index (χ1v) is 12.2. The van der Waals surface area contributed by atoms with E-state index < -0.39 is 12.2 Å². The molecule has 5 rings (SSSR count). The highest BCUT2D eigenvalue weighted by Crippen LogP contribution is 2.30. The SMILES string of the molecule is O=C(NCCO)C1COC(Cc2nc(-c3ccc(F)cc3)c(-c3ccnc(NCc4ccco4)n3)[nH]2)OC1. The Morgan fingerprint density at radius 2 is 1.95 bits per heavy atom. The molecule has 0 saturated carbocycles. The fourth-order valence-corrected chi connectivity index (χ4v) is 3.98. The number of ether oxygens (including phenoxy) is 2. The number of aromatic nitrogens is 4. The van der Waals surface area contributed by atoms with E-state index in [4.69, 9.17) is 24.0 Å². The number of aliphatic hydroxyl groups is 1. The van der Waals surface area contributed by atoms with Gasteiger partial charge in [-0.15, -0.1) is 0 Å². The summed E-state index contributed by atoms with van der Waals surface area (Å²) in [4.78, 5) is 29.1. The van der Waals surface area contributed by atoms with Crippen LogP contribution in [0.1, 0.15) is 11.6 Å². The number of carbonyl (C=O) groups excluding carboxylic acids is 1. The molecular weight excluding hydrogens is 495 g/mol. The molecule has 38 heavy (non-hydrogen) atoms. The first kappa shape index (κ1) is 25.5. The van der Waals surface area contributed by atoms with Gasteiger partial charge in [-0.1, -0.05) is 0 Å². The minimum absolute atomic E-state index is 0.131. The summed E-state index contributed by atoms with van der Waals surface area (Å²) in [6.07, 6.45) is 2.93. The summed E-state index contributed by atoms with van der Waals surface area (Å²) in [7, 11) is 0. The molecule has 1 aliphatic rings. The van der Waals surface area contributed by atoms with E-state index in [1.807, 2.05) is 6.07 Å². The molecule has 0 spiro atoms. The van der Waals surface area contributed by atoms with Crippen molar-refractivity contribution in [3.05, 3.63) is 72.3 Å². The van der Waals surface area contributed by atoms with Gasteiger partial charge in [-0.2, -0.15) is 0 Å². The third-order valence-corrected chi connectivity index (χ3v) is 5.89. The first-order valence-electron chi connectivity index (χ1n) is 12.2. The van der Waals surface area contributed by atoms with E-state index in [1.54, 1.807) is 36.7 Å². The third-order valence-electron chi connectivity index (χ3n) is 5.89. The van der Waals surface area contributed by atoms with Crippen LogP contribution in [0, 0.1) is 11.7 Å². The monoisotopic (exact) mass is 522 g/mol. The Morgan fingerprint density at radius 3 is 2.68 bits per heavy atom. The van der Waals surface area contributed by atoms with Crippen molar-refractivity contribution in [2.75, 3.05) is 31.7 Å². The Hall–Kier alpha value is -4.13. The van der Waals surface area contributed by atoms with Crippen molar-refractivity contribution >= 4 is 11.9 Å². The minimum atomic E-state index is -0.604. The minimum Gasteiger partial charge on any atom is -0.467 e. The lowest BCUT2D eigenvalue weighted by atomic mass is 10.1. The summed E-state index contributed by atoms with van der Waals surface area (Å²) in [6, 6.07) is 11.5. The molecule has 4 heterocycles. The van der Waals surface area contributed by atoms with Gasteiger partial charge in [0.1, 0.15) is 17.4 Å². The maximum Gasteiger partial charge on any atom is 0.227 e. The number of anilines is 1. The van der Waals surface area contributed by atoms with Gasteiger partial charge in [-0.3, -0.25) is 4.79 Å². The van der Waals surface area contributed by atoms with Crippen molar-refractivity contribution in [3.8, 4) is 22.6 Å². The van der Waals surface area contributed by atoms with Crippen LogP contribution >= 0.6 is 0 Å². The average Bonchev–Trinajstić information content (AvgIpc) is 3.62. The van der Waals surface area contributed by atoms with E-state index in [0.29, 0.717) is 47.4 Å². The number of benzene rings is 1. The molecule has 4 aromatic rings. The number of nitrogens with zero attached hydrogens (tertiary/aromatic N) is 3. The Balaban J connectivity index is 1.34. The Morgan fingerprint density at radius 1 is 1.13 bits per heavy atom. The number of nitrogens with one attached hydrogen (secondary N) is 3. The quantitative estimate of drug-likeness (QED) is 0.247.